The van der Waals surface area contributed by atoms with E-state index in [1.807, 2.05) is 13.8 Å². The number of amides is 1. The van der Waals surface area contributed by atoms with E-state index >= 15 is 0 Å². The molecule has 0 saturated carbocycles. The van der Waals surface area contributed by atoms with Gasteiger partial charge in [-0.2, -0.15) is 0 Å². The first kappa shape index (κ1) is 14.9. The Morgan fingerprint density at radius 2 is 2.30 bits per heavy atom. The van der Waals surface area contributed by atoms with Crippen LogP contribution in [0, 0.1) is 5.82 Å². The number of hydrogen-bond donors (Lipinski definition) is 1. The Morgan fingerprint density at radius 3 is 3.00 bits per heavy atom. The van der Waals surface area contributed by atoms with Crippen LogP contribution >= 0.6 is 0 Å². The maximum atomic E-state index is 13.1. The summed E-state index contributed by atoms with van der Waals surface area (Å²) < 4.78 is 18.6. The van der Waals surface area contributed by atoms with Crippen molar-refractivity contribution in [3.05, 3.63) is 35.6 Å². The fourth-order valence-electron chi connectivity index (χ4n) is 2.40. The van der Waals surface area contributed by atoms with E-state index in [1.54, 1.807) is 11.0 Å². The molecule has 0 aliphatic carbocycles. The van der Waals surface area contributed by atoms with Crippen LogP contribution in [0.15, 0.2) is 24.3 Å². The minimum absolute atomic E-state index is 0.0148. The fourth-order valence-corrected chi connectivity index (χ4v) is 2.40. The third kappa shape index (κ3) is 3.35. The second kappa shape index (κ2) is 6.33. The minimum atomic E-state index is -0.983. The van der Waals surface area contributed by atoms with Gasteiger partial charge in [-0.1, -0.05) is 12.1 Å². The van der Waals surface area contributed by atoms with Gasteiger partial charge < -0.3 is 14.7 Å². The quantitative estimate of drug-likeness (QED) is 0.920. The van der Waals surface area contributed by atoms with Crippen LogP contribution in [0.25, 0.3) is 0 Å². The van der Waals surface area contributed by atoms with E-state index in [0.29, 0.717) is 18.7 Å². The summed E-state index contributed by atoms with van der Waals surface area (Å²) >= 11 is 0. The number of rotatable bonds is 3. The molecular weight excluding hydrogens is 261 g/mol. The van der Waals surface area contributed by atoms with Crippen LogP contribution in [0.4, 0.5) is 4.39 Å². The summed E-state index contributed by atoms with van der Waals surface area (Å²) in [5, 5.41) is 10.1. The Hall–Kier alpha value is -1.46. The topological polar surface area (TPSA) is 49.8 Å². The van der Waals surface area contributed by atoms with E-state index in [2.05, 4.69) is 0 Å². The lowest BCUT2D eigenvalue weighted by molar-refractivity contribution is -0.146. The predicted octanol–water partition coefficient (Wildman–Crippen LogP) is 1.89. The van der Waals surface area contributed by atoms with E-state index in [-0.39, 0.29) is 24.5 Å². The molecule has 1 N–H and O–H groups in total. The third-order valence-corrected chi connectivity index (χ3v) is 3.81. The highest BCUT2D eigenvalue weighted by Gasteiger charge is 2.30. The van der Waals surface area contributed by atoms with Crippen molar-refractivity contribution in [1.29, 1.82) is 0 Å². The number of morpholine rings is 1. The average molecular weight is 281 g/mol. The lowest BCUT2D eigenvalue weighted by Gasteiger charge is -2.38. The molecule has 0 bridgehead atoms. The maximum Gasteiger partial charge on any atom is 0.225 e. The molecule has 1 aliphatic heterocycles. The molecule has 1 aromatic carbocycles. The molecule has 0 spiro atoms. The van der Waals surface area contributed by atoms with Gasteiger partial charge in [-0.05, 0) is 31.5 Å². The molecule has 1 saturated heterocycles. The number of carbonyl (C=O) groups is 1. The number of aliphatic hydroxyl groups excluding tert-OH is 1. The Labute approximate surface area is 118 Å². The first-order valence-corrected chi connectivity index (χ1v) is 6.83. The summed E-state index contributed by atoms with van der Waals surface area (Å²) in [5.74, 6) is -0.549. The number of aliphatic hydroxyl groups is 1. The van der Waals surface area contributed by atoms with E-state index in [1.165, 1.54) is 18.2 Å². The van der Waals surface area contributed by atoms with Crippen LogP contribution in [0.5, 0.6) is 0 Å². The van der Waals surface area contributed by atoms with E-state index in [9.17, 15) is 14.3 Å². The number of hydrogen-bond acceptors (Lipinski definition) is 3. The smallest absolute Gasteiger partial charge is 0.225 e. The molecule has 1 fully saturated rings. The molecule has 4 nitrogen and oxygen atoms in total. The van der Waals surface area contributed by atoms with Gasteiger partial charge >= 0.3 is 0 Å². The Bertz CT molecular complexity index is 480. The molecule has 0 radical (unpaired) electrons. The Morgan fingerprint density at radius 1 is 1.55 bits per heavy atom. The summed E-state index contributed by atoms with van der Waals surface area (Å²) in [4.78, 5) is 14.0. The van der Waals surface area contributed by atoms with Crippen molar-refractivity contribution in [3.63, 3.8) is 0 Å². The summed E-state index contributed by atoms with van der Waals surface area (Å²) in [7, 11) is 0. The standard InChI is InChI=1S/C15H20FNO3/c1-10-11(2)20-7-6-17(10)15(19)9-14(18)12-4-3-5-13(16)8-12/h3-5,8,10-11,14,18H,6-7,9H2,1-2H3. The second-order valence-corrected chi connectivity index (χ2v) is 5.18. The van der Waals surface area contributed by atoms with Gasteiger partial charge in [-0.25, -0.2) is 4.39 Å². The van der Waals surface area contributed by atoms with Gasteiger partial charge in [0.05, 0.1) is 31.3 Å². The van der Waals surface area contributed by atoms with Crippen LogP contribution in [0.3, 0.4) is 0 Å². The monoisotopic (exact) mass is 281 g/mol. The second-order valence-electron chi connectivity index (χ2n) is 5.18. The van der Waals surface area contributed by atoms with Crippen molar-refractivity contribution in [1.82, 2.24) is 4.90 Å². The van der Waals surface area contributed by atoms with Crippen molar-refractivity contribution in [3.8, 4) is 0 Å². The van der Waals surface area contributed by atoms with Gasteiger partial charge in [-0.3, -0.25) is 4.79 Å². The molecule has 110 valence electrons. The number of benzene rings is 1. The van der Waals surface area contributed by atoms with E-state index < -0.39 is 11.9 Å². The maximum absolute atomic E-state index is 13.1. The summed E-state index contributed by atoms with van der Waals surface area (Å²) in [6.07, 6.45) is -1.04. The number of carbonyl (C=O) groups excluding carboxylic acids is 1. The number of halogens is 1. The molecule has 1 heterocycles. The number of ether oxygens (including phenoxy) is 1. The predicted molar refractivity (Wildman–Crippen MR) is 72.6 cm³/mol. The van der Waals surface area contributed by atoms with Gasteiger partial charge in [0.1, 0.15) is 5.82 Å². The first-order chi connectivity index (χ1) is 9.49. The van der Waals surface area contributed by atoms with Crippen LogP contribution in [-0.2, 0) is 9.53 Å². The highest BCUT2D eigenvalue weighted by atomic mass is 19.1. The molecular formula is C15H20FNO3. The molecule has 1 amide bonds. The third-order valence-electron chi connectivity index (χ3n) is 3.81. The van der Waals surface area contributed by atoms with Crippen molar-refractivity contribution >= 4 is 5.91 Å². The zero-order chi connectivity index (χ0) is 14.7. The van der Waals surface area contributed by atoms with Crippen molar-refractivity contribution in [2.75, 3.05) is 13.2 Å². The van der Waals surface area contributed by atoms with Gasteiger partial charge in [0.2, 0.25) is 5.91 Å². The summed E-state index contributed by atoms with van der Waals surface area (Å²) in [6, 6.07) is 5.69. The highest BCUT2D eigenvalue weighted by Crippen LogP contribution is 2.21. The molecule has 20 heavy (non-hydrogen) atoms. The molecule has 1 aromatic rings. The summed E-state index contributed by atoms with van der Waals surface area (Å²) in [5.41, 5.74) is 0.423. The van der Waals surface area contributed by atoms with Crippen LogP contribution in [0.1, 0.15) is 31.9 Å². The van der Waals surface area contributed by atoms with E-state index in [0.717, 1.165) is 0 Å². The number of nitrogens with zero attached hydrogens (tertiary/aromatic N) is 1. The minimum Gasteiger partial charge on any atom is -0.388 e. The van der Waals surface area contributed by atoms with Gasteiger partial charge in [0, 0.05) is 6.54 Å². The highest BCUT2D eigenvalue weighted by molar-refractivity contribution is 5.77. The lowest BCUT2D eigenvalue weighted by atomic mass is 10.0. The fraction of sp³-hybridized carbons (Fsp3) is 0.533. The van der Waals surface area contributed by atoms with Gasteiger partial charge in [0.15, 0.2) is 0 Å². The zero-order valence-corrected chi connectivity index (χ0v) is 11.8. The van der Waals surface area contributed by atoms with Crippen molar-refractivity contribution in [2.24, 2.45) is 0 Å². The Kier molecular flexibility index (Phi) is 4.73. The SMILES string of the molecule is CC1OCCN(C(=O)CC(O)c2cccc(F)c2)C1C. The largest absolute Gasteiger partial charge is 0.388 e. The van der Waals surface area contributed by atoms with Crippen LogP contribution < -0.4 is 0 Å². The van der Waals surface area contributed by atoms with E-state index in [4.69, 9.17) is 4.74 Å². The normalized spacial score (nSPS) is 24.5. The molecule has 1 aliphatic rings. The molecule has 5 heteroatoms. The van der Waals surface area contributed by atoms with Gasteiger partial charge in [0.25, 0.3) is 0 Å². The first-order valence-electron chi connectivity index (χ1n) is 6.83. The zero-order valence-electron chi connectivity index (χ0n) is 11.8. The lowest BCUT2D eigenvalue weighted by Crippen LogP contribution is -2.51. The molecule has 0 aromatic heterocycles. The van der Waals surface area contributed by atoms with Crippen LogP contribution in [-0.4, -0.2) is 41.2 Å². The molecule has 3 atom stereocenters. The summed E-state index contributed by atoms with van der Waals surface area (Å²) in [6.45, 7) is 4.89. The Balaban J connectivity index is 2.00. The average Bonchev–Trinajstić information content (AvgIpc) is 2.41. The van der Waals surface area contributed by atoms with Crippen molar-refractivity contribution < 1.29 is 19.0 Å². The van der Waals surface area contributed by atoms with Crippen molar-refractivity contribution in [2.45, 2.75) is 38.5 Å². The van der Waals surface area contributed by atoms with Crippen LogP contribution in [0.2, 0.25) is 0 Å². The van der Waals surface area contributed by atoms with Gasteiger partial charge in [-0.15, -0.1) is 0 Å². The molecule has 2 rings (SSSR count). The molecule has 3 unspecified atom stereocenters.